The molecule has 2 amide bonds. The van der Waals surface area contributed by atoms with Gasteiger partial charge in [-0.25, -0.2) is 0 Å². The zero-order chi connectivity index (χ0) is 32.4. The van der Waals surface area contributed by atoms with E-state index in [-0.39, 0.29) is 18.4 Å². The standard InChI is InChI=1S/C34H38N4O7S/c1-35-34(40)29-5-3-4-6-32(29)46-27-12-13-28-30(37-38-31(28)23-27)14-9-25-7-10-26(11-8-25)36-33(39)24-45-22-21-44-20-19-43-18-17-42-16-15-41-2/h3-8,10-13,23H,15-22,24H2,1-2H3,(H,35,40)(H,36,39)(H,37,38). The molecule has 11 nitrogen and oxygen atoms in total. The van der Waals surface area contributed by atoms with Crippen LogP contribution < -0.4 is 10.6 Å². The normalized spacial score (nSPS) is 10.8. The Morgan fingerprint density at radius 2 is 1.50 bits per heavy atom. The van der Waals surface area contributed by atoms with Crippen LogP contribution in [0.15, 0.2) is 76.5 Å². The molecule has 242 valence electrons. The van der Waals surface area contributed by atoms with Crippen molar-refractivity contribution in [2.24, 2.45) is 0 Å². The number of rotatable bonds is 18. The number of benzene rings is 3. The molecule has 4 aromatic rings. The molecule has 0 fully saturated rings. The zero-order valence-corrected chi connectivity index (χ0v) is 26.7. The lowest BCUT2D eigenvalue weighted by atomic mass is 10.1. The Bertz CT molecular complexity index is 1620. The number of carbonyl (C=O) groups excluding carboxylic acids is 2. The van der Waals surface area contributed by atoms with Crippen molar-refractivity contribution in [1.29, 1.82) is 0 Å². The lowest BCUT2D eigenvalue weighted by molar-refractivity contribution is -0.121. The maximum Gasteiger partial charge on any atom is 0.252 e. The van der Waals surface area contributed by atoms with Crippen molar-refractivity contribution in [2.75, 3.05) is 78.9 Å². The fourth-order valence-corrected chi connectivity index (χ4v) is 5.08. The van der Waals surface area contributed by atoms with Crippen LogP contribution in [0.4, 0.5) is 5.69 Å². The summed E-state index contributed by atoms with van der Waals surface area (Å²) in [6.07, 6.45) is 0. The summed E-state index contributed by atoms with van der Waals surface area (Å²) < 4.78 is 26.4. The van der Waals surface area contributed by atoms with Crippen molar-refractivity contribution in [3.63, 3.8) is 0 Å². The number of aromatic nitrogens is 2. The number of hydrogen-bond donors (Lipinski definition) is 3. The second kappa shape index (κ2) is 19.3. The SMILES string of the molecule is CNC(=O)c1ccccc1Sc1ccc2c(C#Cc3ccc(NC(=O)COCCOCCOCCOCCOC)cc3)n[nH]c2c1. The lowest BCUT2D eigenvalue weighted by Gasteiger charge is -2.08. The molecule has 0 aliphatic rings. The molecule has 0 saturated heterocycles. The molecule has 0 unspecified atom stereocenters. The molecule has 0 saturated carbocycles. The van der Waals surface area contributed by atoms with Gasteiger partial charge in [-0.2, -0.15) is 5.10 Å². The first-order valence-electron chi connectivity index (χ1n) is 14.8. The first-order valence-corrected chi connectivity index (χ1v) is 15.6. The summed E-state index contributed by atoms with van der Waals surface area (Å²) >= 11 is 1.51. The van der Waals surface area contributed by atoms with Crippen LogP contribution in [0, 0.1) is 11.8 Å². The summed E-state index contributed by atoms with van der Waals surface area (Å²) in [5, 5.41) is 13.8. The Morgan fingerprint density at radius 3 is 2.20 bits per heavy atom. The summed E-state index contributed by atoms with van der Waals surface area (Å²) in [6.45, 7) is 3.63. The highest BCUT2D eigenvalue weighted by Crippen LogP contribution is 2.32. The molecule has 4 rings (SSSR count). The number of nitrogens with zero attached hydrogens (tertiary/aromatic N) is 1. The molecule has 0 radical (unpaired) electrons. The van der Waals surface area contributed by atoms with Crippen LogP contribution in [-0.4, -0.2) is 95.6 Å². The summed E-state index contributed by atoms with van der Waals surface area (Å²) in [7, 11) is 3.25. The molecule has 46 heavy (non-hydrogen) atoms. The van der Waals surface area contributed by atoms with Crippen molar-refractivity contribution in [3.05, 3.63) is 83.6 Å². The largest absolute Gasteiger partial charge is 0.382 e. The predicted octanol–water partition coefficient (Wildman–Crippen LogP) is 4.12. The number of amides is 2. The Balaban J connectivity index is 1.17. The Kier molecular flexibility index (Phi) is 14.6. The maximum atomic E-state index is 12.2. The number of ether oxygens (including phenoxy) is 5. The molecule has 0 atom stereocenters. The number of aromatic amines is 1. The Hall–Kier alpha value is -4.22. The Morgan fingerprint density at radius 1 is 0.826 bits per heavy atom. The molecule has 0 spiro atoms. The molecule has 1 heterocycles. The van der Waals surface area contributed by atoms with Gasteiger partial charge < -0.3 is 34.3 Å². The topological polar surface area (TPSA) is 133 Å². The molecule has 3 N–H and O–H groups in total. The van der Waals surface area contributed by atoms with E-state index in [0.717, 1.165) is 26.3 Å². The highest BCUT2D eigenvalue weighted by atomic mass is 32.2. The van der Waals surface area contributed by atoms with Gasteiger partial charge in [0.15, 0.2) is 0 Å². The van der Waals surface area contributed by atoms with E-state index >= 15 is 0 Å². The molecule has 1 aromatic heterocycles. The maximum absolute atomic E-state index is 12.2. The van der Waals surface area contributed by atoms with E-state index in [1.165, 1.54) is 11.8 Å². The molecule has 0 aliphatic heterocycles. The zero-order valence-electron chi connectivity index (χ0n) is 25.9. The smallest absolute Gasteiger partial charge is 0.252 e. The number of H-pyrrole nitrogens is 1. The van der Waals surface area contributed by atoms with Gasteiger partial charge in [-0.05, 0) is 60.5 Å². The van der Waals surface area contributed by atoms with Crippen molar-refractivity contribution >= 4 is 40.2 Å². The van der Waals surface area contributed by atoms with E-state index in [0.29, 0.717) is 69.8 Å². The van der Waals surface area contributed by atoms with E-state index in [1.807, 2.05) is 48.5 Å². The number of fused-ring (bicyclic) bond motifs is 1. The van der Waals surface area contributed by atoms with Crippen molar-refractivity contribution in [1.82, 2.24) is 15.5 Å². The van der Waals surface area contributed by atoms with E-state index in [9.17, 15) is 9.59 Å². The van der Waals surface area contributed by atoms with Gasteiger partial charge in [-0.15, -0.1) is 0 Å². The third-order valence-electron chi connectivity index (χ3n) is 6.40. The first kappa shape index (κ1) is 34.6. The van der Waals surface area contributed by atoms with Gasteiger partial charge in [0.25, 0.3) is 5.91 Å². The van der Waals surface area contributed by atoms with Crippen LogP contribution in [0.2, 0.25) is 0 Å². The molecule has 0 bridgehead atoms. The van der Waals surface area contributed by atoms with Crippen LogP contribution in [0.5, 0.6) is 0 Å². The van der Waals surface area contributed by atoms with E-state index in [4.69, 9.17) is 23.7 Å². The van der Waals surface area contributed by atoms with Crippen LogP contribution in [0.3, 0.4) is 0 Å². The van der Waals surface area contributed by atoms with Crippen LogP contribution in [-0.2, 0) is 28.5 Å². The number of nitrogens with one attached hydrogen (secondary N) is 3. The Labute approximate surface area is 272 Å². The summed E-state index contributed by atoms with van der Waals surface area (Å²) in [5.74, 6) is 5.87. The van der Waals surface area contributed by atoms with Gasteiger partial charge in [-0.3, -0.25) is 14.7 Å². The van der Waals surface area contributed by atoms with Gasteiger partial charge in [0.05, 0.1) is 63.9 Å². The lowest BCUT2D eigenvalue weighted by Crippen LogP contribution is -2.20. The third kappa shape index (κ3) is 11.3. The van der Waals surface area contributed by atoms with Gasteiger partial charge >= 0.3 is 0 Å². The van der Waals surface area contributed by atoms with Crippen LogP contribution in [0.1, 0.15) is 21.6 Å². The van der Waals surface area contributed by atoms with Crippen LogP contribution >= 0.6 is 11.8 Å². The summed E-state index contributed by atoms with van der Waals surface area (Å²) in [6, 6.07) is 20.7. The minimum Gasteiger partial charge on any atom is -0.382 e. The van der Waals surface area contributed by atoms with Crippen molar-refractivity contribution < 1.29 is 33.3 Å². The first-order chi connectivity index (χ1) is 22.6. The van der Waals surface area contributed by atoms with Crippen LogP contribution in [0.25, 0.3) is 10.9 Å². The van der Waals surface area contributed by atoms with Gasteiger partial charge in [0.1, 0.15) is 12.3 Å². The number of carbonyl (C=O) groups is 2. The van der Waals surface area contributed by atoms with E-state index in [2.05, 4.69) is 32.7 Å². The number of anilines is 1. The highest BCUT2D eigenvalue weighted by Gasteiger charge is 2.12. The molecule has 12 heteroatoms. The predicted molar refractivity (Wildman–Crippen MR) is 176 cm³/mol. The minimum absolute atomic E-state index is 0.0761. The highest BCUT2D eigenvalue weighted by molar-refractivity contribution is 7.99. The summed E-state index contributed by atoms with van der Waals surface area (Å²) in [5.41, 5.74) is 3.53. The minimum atomic E-state index is -0.256. The van der Waals surface area contributed by atoms with Crippen molar-refractivity contribution in [3.8, 4) is 11.8 Å². The van der Waals surface area contributed by atoms with Gasteiger partial charge in [0, 0.05) is 40.6 Å². The fourth-order valence-electron chi connectivity index (χ4n) is 4.09. The van der Waals surface area contributed by atoms with E-state index < -0.39 is 0 Å². The second-order valence-corrected chi connectivity index (χ2v) is 10.8. The number of hydrogen-bond acceptors (Lipinski definition) is 9. The monoisotopic (exact) mass is 646 g/mol. The summed E-state index contributed by atoms with van der Waals surface area (Å²) in [4.78, 5) is 26.3. The average molecular weight is 647 g/mol. The number of methoxy groups -OCH3 is 1. The average Bonchev–Trinajstić information content (AvgIpc) is 3.48. The van der Waals surface area contributed by atoms with E-state index in [1.54, 1.807) is 32.4 Å². The fraction of sp³-hybridized carbons (Fsp3) is 0.324. The van der Waals surface area contributed by atoms with Gasteiger partial charge in [0.2, 0.25) is 5.91 Å². The quantitative estimate of drug-likeness (QED) is 0.108. The second-order valence-electron chi connectivity index (χ2n) is 9.71. The van der Waals surface area contributed by atoms with Gasteiger partial charge in [-0.1, -0.05) is 29.8 Å². The molecule has 3 aromatic carbocycles. The van der Waals surface area contributed by atoms with Crippen molar-refractivity contribution in [2.45, 2.75) is 9.79 Å². The molecular formula is C34H38N4O7S. The molecule has 0 aliphatic carbocycles. The third-order valence-corrected chi connectivity index (χ3v) is 7.46. The molecular weight excluding hydrogens is 608 g/mol.